The fourth-order valence-corrected chi connectivity index (χ4v) is 2.24. The van der Waals surface area contributed by atoms with E-state index >= 15 is 0 Å². The average Bonchev–Trinajstić information content (AvgIpc) is 2.58. The summed E-state index contributed by atoms with van der Waals surface area (Å²) in [7, 11) is 0. The van der Waals surface area contributed by atoms with Gasteiger partial charge in [0.25, 0.3) is 0 Å². The van der Waals surface area contributed by atoms with Crippen LogP contribution in [0.3, 0.4) is 0 Å². The highest BCUT2D eigenvalue weighted by atomic mass is 16.4. The summed E-state index contributed by atoms with van der Waals surface area (Å²) < 4.78 is 0. The standard InChI is InChI=1S/C17H10N2O6/c20-8-18-14-3-1-10(16(22)23)5-12(14)7-13-6-11(17(24)25)2-4-15(13)19-9-21/h1-6H,7H2,(H,22,23)(H,24,25). The lowest BCUT2D eigenvalue weighted by Gasteiger charge is -2.09. The van der Waals surface area contributed by atoms with Crippen LogP contribution in [0.2, 0.25) is 0 Å². The van der Waals surface area contributed by atoms with Crippen LogP contribution in [0.1, 0.15) is 31.8 Å². The fourth-order valence-electron chi connectivity index (χ4n) is 2.24. The number of hydrogen-bond acceptors (Lipinski definition) is 6. The zero-order valence-corrected chi connectivity index (χ0v) is 12.6. The largest absolute Gasteiger partial charge is 0.478 e. The number of carboxylic acid groups (broad SMARTS) is 2. The van der Waals surface area contributed by atoms with Crippen molar-refractivity contribution in [2.45, 2.75) is 6.42 Å². The van der Waals surface area contributed by atoms with E-state index in [4.69, 9.17) is 10.2 Å². The van der Waals surface area contributed by atoms with Gasteiger partial charge in [0.2, 0.25) is 12.2 Å². The second-order valence-electron chi connectivity index (χ2n) is 4.88. The molecule has 0 aliphatic rings. The molecule has 25 heavy (non-hydrogen) atoms. The molecule has 0 aliphatic carbocycles. The number of benzene rings is 2. The van der Waals surface area contributed by atoms with Gasteiger partial charge in [0, 0.05) is 6.42 Å². The van der Waals surface area contributed by atoms with Crippen LogP contribution in [0.25, 0.3) is 0 Å². The highest BCUT2D eigenvalue weighted by Crippen LogP contribution is 2.28. The lowest BCUT2D eigenvalue weighted by molar-refractivity contribution is 0.0686. The van der Waals surface area contributed by atoms with Crippen LogP contribution in [0.5, 0.6) is 0 Å². The smallest absolute Gasteiger partial charge is 0.335 e. The fraction of sp³-hybridized carbons (Fsp3) is 0.0588. The van der Waals surface area contributed by atoms with Crippen LogP contribution >= 0.6 is 0 Å². The SMILES string of the molecule is O=C=Nc1ccc(C(=O)O)cc1Cc1cc(C(=O)O)ccc1N=C=O. The van der Waals surface area contributed by atoms with Gasteiger partial charge >= 0.3 is 11.9 Å². The second-order valence-corrected chi connectivity index (χ2v) is 4.88. The number of carbonyl (C=O) groups is 2. The zero-order chi connectivity index (χ0) is 18.4. The Morgan fingerprint density at radius 3 is 1.52 bits per heavy atom. The van der Waals surface area contributed by atoms with Crippen LogP contribution < -0.4 is 0 Å². The molecular formula is C17H10N2O6. The molecule has 124 valence electrons. The van der Waals surface area contributed by atoms with Gasteiger partial charge in [0.1, 0.15) is 0 Å². The van der Waals surface area contributed by atoms with Crippen LogP contribution in [0.15, 0.2) is 46.4 Å². The van der Waals surface area contributed by atoms with Gasteiger partial charge in [-0.05, 0) is 47.5 Å². The van der Waals surface area contributed by atoms with Crippen LogP contribution in [0.4, 0.5) is 11.4 Å². The number of hydrogen-bond donors (Lipinski definition) is 2. The minimum atomic E-state index is -1.17. The first kappa shape index (κ1) is 17.5. The van der Waals surface area contributed by atoms with Crippen molar-refractivity contribution in [2.75, 3.05) is 0 Å². The summed E-state index contributed by atoms with van der Waals surface area (Å²) in [6, 6.07) is 7.85. The molecule has 0 fully saturated rings. The van der Waals surface area contributed by atoms with E-state index in [1.807, 2.05) is 0 Å². The maximum atomic E-state index is 11.1. The Labute approximate surface area is 140 Å². The molecule has 0 saturated heterocycles. The minimum Gasteiger partial charge on any atom is -0.478 e. The summed E-state index contributed by atoms with van der Waals surface area (Å²) >= 11 is 0. The third-order valence-electron chi connectivity index (χ3n) is 3.37. The molecule has 0 aliphatic heterocycles. The van der Waals surface area contributed by atoms with Crippen molar-refractivity contribution in [3.63, 3.8) is 0 Å². The first-order valence-electron chi connectivity index (χ1n) is 6.84. The van der Waals surface area contributed by atoms with Crippen LogP contribution in [-0.4, -0.2) is 34.3 Å². The molecule has 0 aromatic heterocycles. The van der Waals surface area contributed by atoms with Crippen molar-refractivity contribution < 1.29 is 29.4 Å². The molecule has 0 atom stereocenters. The van der Waals surface area contributed by atoms with E-state index in [9.17, 15) is 19.2 Å². The summed E-state index contributed by atoms with van der Waals surface area (Å²) in [4.78, 5) is 50.4. The first-order chi connectivity index (χ1) is 12.0. The Balaban J connectivity index is 2.60. The molecule has 2 rings (SSSR count). The molecule has 2 aromatic rings. The molecule has 0 bridgehead atoms. The molecule has 0 amide bonds. The highest BCUT2D eigenvalue weighted by Gasteiger charge is 2.13. The van der Waals surface area contributed by atoms with Crippen molar-refractivity contribution in [2.24, 2.45) is 9.98 Å². The predicted molar refractivity (Wildman–Crippen MR) is 85.2 cm³/mol. The molecule has 8 heteroatoms. The van der Waals surface area contributed by atoms with E-state index in [2.05, 4.69) is 9.98 Å². The molecule has 0 unspecified atom stereocenters. The van der Waals surface area contributed by atoms with E-state index in [1.54, 1.807) is 0 Å². The Morgan fingerprint density at radius 2 is 1.20 bits per heavy atom. The summed E-state index contributed by atoms with van der Waals surface area (Å²) in [5, 5.41) is 18.2. The number of rotatable bonds is 6. The molecule has 8 nitrogen and oxygen atoms in total. The Morgan fingerprint density at radius 1 is 0.800 bits per heavy atom. The normalized spacial score (nSPS) is 9.60. The number of nitrogens with zero attached hydrogens (tertiary/aromatic N) is 2. The van der Waals surface area contributed by atoms with Crippen molar-refractivity contribution >= 4 is 35.5 Å². The van der Waals surface area contributed by atoms with Gasteiger partial charge in [0.05, 0.1) is 22.5 Å². The topological polar surface area (TPSA) is 133 Å². The van der Waals surface area contributed by atoms with E-state index in [-0.39, 0.29) is 28.9 Å². The third kappa shape index (κ3) is 4.11. The highest BCUT2D eigenvalue weighted by molar-refractivity contribution is 5.89. The molecular weight excluding hydrogens is 328 g/mol. The van der Waals surface area contributed by atoms with Gasteiger partial charge in [0.15, 0.2) is 0 Å². The number of carbonyl (C=O) groups excluding carboxylic acids is 2. The maximum Gasteiger partial charge on any atom is 0.335 e. The summed E-state index contributed by atoms with van der Waals surface area (Å²) in [5.74, 6) is -2.35. The van der Waals surface area contributed by atoms with Gasteiger partial charge in [-0.25, -0.2) is 19.2 Å². The van der Waals surface area contributed by atoms with Gasteiger partial charge in [-0.3, -0.25) is 0 Å². The molecule has 2 aromatic carbocycles. The molecule has 0 heterocycles. The van der Waals surface area contributed by atoms with Gasteiger partial charge in [-0.15, -0.1) is 0 Å². The van der Waals surface area contributed by atoms with Crippen molar-refractivity contribution in [3.05, 3.63) is 58.7 Å². The third-order valence-corrected chi connectivity index (χ3v) is 3.37. The summed E-state index contributed by atoms with van der Waals surface area (Å²) in [5.41, 5.74) is 0.981. The molecule has 2 N–H and O–H groups in total. The minimum absolute atomic E-state index is 0.00324. The Hall–Kier alpha value is -3.86. The molecule has 0 radical (unpaired) electrons. The molecule has 0 saturated carbocycles. The quantitative estimate of drug-likeness (QED) is 0.614. The van der Waals surface area contributed by atoms with Crippen LogP contribution in [0, 0.1) is 0 Å². The lowest BCUT2D eigenvalue weighted by Crippen LogP contribution is -2.01. The number of isocyanates is 2. The van der Waals surface area contributed by atoms with E-state index in [0.717, 1.165) is 0 Å². The Bertz CT molecular complexity index is 876. The van der Waals surface area contributed by atoms with E-state index in [1.165, 1.54) is 48.6 Å². The van der Waals surface area contributed by atoms with Crippen molar-refractivity contribution in [1.82, 2.24) is 0 Å². The second kappa shape index (κ2) is 7.61. The van der Waals surface area contributed by atoms with Crippen molar-refractivity contribution in [1.29, 1.82) is 0 Å². The van der Waals surface area contributed by atoms with Gasteiger partial charge in [-0.1, -0.05) is 0 Å². The van der Waals surface area contributed by atoms with Crippen LogP contribution in [-0.2, 0) is 16.0 Å². The average molecular weight is 338 g/mol. The van der Waals surface area contributed by atoms with E-state index in [0.29, 0.717) is 11.1 Å². The van der Waals surface area contributed by atoms with Gasteiger partial charge in [-0.2, -0.15) is 9.98 Å². The van der Waals surface area contributed by atoms with E-state index < -0.39 is 11.9 Å². The monoisotopic (exact) mass is 338 g/mol. The van der Waals surface area contributed by atoms with Crippen molar-refractivity contribution in [3.8, 4) is 0 Å². The first-order valence-corrected chi connectivity index (χ1v) is 6.84. The molecule has 0 spiro atoms. The van der Waals surface area contributed by atoms with Gasteiger partial charge < -0.3 is 10.2 Å². The predicted octanol–water partition coefficient (Wildman–Crippen LogP) is 2.61. The summed E-state index contributed by atoms with van der Waals surface area (Å²) in [6.07, 6.45) is 2.76. The maximum absolute atomic E-state index is 11.1. The number of aliphatic imine (C=N–C) groups is 2. The summed E-state index contributed by atoms with van der Waals surface area (Å²) in [6.45, 7) is 0. The zero-order valence-electron chi connectivity index (χ0n) is 12.6. The number of carboxylic acids is 2. The Kier molecular flexibility index (Phi) is 5.32. The lowest BCUT2D eigenvalue weighted by atomic mass is 9.98. The number of aromatic carboxylic acids is 2.